The van der Waals surface area contributed by atoms with Gasteiger partial charge in [-0.3, -0.25) is 10.6 Å². The fourth-order valence-electron chi connectivity index (χ4n) is 2.22. The minimum atomic E-state index is -0.270. The number of aliphatic hydroxyl groups excluding tert-OH is 1. The fraction of sp³-hybridized carbons (Fsp3) is 0.462. The molecule has 0 spiro atoms. The number of anilines is 1. The SMILES string of the molecule is Cc1cc(NN)ccc1C(=O)N1CCOCC1CO. The zero-order valence-electron chi connectivity index (χ0n) is 10.9. The van der Waals surface area contributed by atoms with Crippen molar-refractivity contribution in [2.75, 3.05) is 31.8 Å². The van der Waals surface area contributed by atoms with E-state index < -0.39 is 0 Å². The maximum Gasteiger partial charge on any atom is 0.254 e. The number of hydrogen-bond donors (Lipinski definition) is 3. The number of rotatable bonds is 3. The first kappa shape index (κ1) is 13.8. The molecule has 4 N–H and O–H groups in total. The molecule has 0 bridgehead atoms. The van der Waals surface area contributed by atoms with Crippen molar-refractivity contribution in [3.05, 3.63) is 29.3 Å². The highest BCUT2D eigenvalue weighted by Crippen LogP contribution is 2.18. The molecule has 0 saturated carbocycles. The van der Waals surface area contributed by atoms with Crippen molar-refractivity contribution in [3.63, 3.8) is 0 Å². The number of carbonyl (C=O) groups excluding carboxylic acids is 1. The van der Waals surface area contributed by atoms with Crippen molar-refractivity contribution in [1.29, 1.82) is 0 Å². The number of morpholine rings is 1. The summed E-state index contributed by atoms with van der Waals surface area (Å²) in [7, 11) is 0. The van der Waals surface area contributed by atoms with Crippen LogP contribution in [0.1, 0.15) is 15.9 Å². The molecule has 1 amide bonds. The lowest BCUT2D eigenvalue weighted by molar-refractivity contribution is -0.0184. The van der Waals surface area contributed by atoms with Crippen LogP contribution in [0, 0.1) is 6.92 Å². The van der Waals surface area contributed by atoms with Crippen molar-refractivity contribution >= 4 is 11.6 Å². The summed E-state index contributed by atoms with van der Waals surface area (Å²) in [4.78, 5) is 14.2. The van der Waals surface area contributed by atoms with E-state index in [4.69, 9.17) is 10.6 Å². The number of nitrogens with zero attached hydrogens (tertiary/aromatic N) is 1. The summed E-state index contributed by atoms with van der Waals surface area (Å²) in [6, 6.07) is 5.06. The predicted molar refractivity (Wildman–Crippen MR) is 71.7 cm³/mol. The summed E-state index contributed by atoms with van der Waals surface area (Å²) in [6.45, 7) is 3.16. The van der Waals surface area contributed by atoms with E-state index in [-0.39, 0.29) is 18.6 Å². The van der Waals surface area contributed by atoms with Gasteiger partial charge in [0.1, 0.15) is 0 Å². The summed E-state index contributed by atoms with van der Waals surface area (Å²) >= 11 is 0. The van der Waals surface area contributed by atoms with E-state index in [0.29, 0.717) is 25.3 Å². The van der Waals surface area contributed by atoms with Gasteiger partial charge in [-0.1, -0.05) is 0 Å². The Morgan fingerprint density at radius 2 is 2.42 bits per heavy atom. The smallest absolute Gasteiger partial charge is 0.254 e. The minimum absolute atomic E-state index is 0.0802. The summed E-state index contributed by atoms with van der Waals surface area (Å²) < 4.78 is 5.28. The lowest BCUT2D eigenvalue weighted by Gasteiger charge is -2.34. The Bertz CT molecular complexity index is 464. The van der Waals surface area contributed by atoms with Crippen LogP contribution in [0.3, 0.4) is 0 Å². The lowest BCUT2D eigenvalue weighted by Crippen LogP contribution is -2.50. The number of hydrazine groups is 1. The van der Waals surface area contributed by atoms with Gasteiger partial charge in [-0.25, -0.2) is 0 Å². The van der Waals surface area contributed by atoms with E-state index >= 15 is 0 Å². The highest BCUT2D eigenvalue weighted by molar-refractivity contribution is 5.96. The molecule has 0 radical (unpaired) electrons. The van der Waals surface area contributed by atoms with Gasteiger partial charge in [0.05, 0.1) is 25.9 Å². The highest BCUT2D eigenvalue weighted by Gasteiger charge is 2.28. The Morgan fingerprint density at radius 1 is 1.63 bits per heavy atom. The summed E-state index contributed by atoms with van der Waals surface area (Å²) in [6.07, 6.45) is 0. The fourth-order valence-corrected chi connectivity index (χ4v) is 2.22. The average Bonchev–Trinajstić information content (AvgIpc) is 2.46. The molecule has 1 atom stereocenters. The molecule has 1 aromatic carbocycles. The van der Waals surface area contributed by atoms with Crippen LogP contribution in [-0.2, 0) is 4.74 Å². The second-order valence-electron chi connectivity index (χ2n) is 4.58. The van der Waals surface area contributed by atoms with Gasteiger partial charge >= 0.3 is 0 Å². The van der Waals surface area contributed by atoms with Crippen molar-refractivity contribution in [1.82, 2.24) is 4.90 Å². The van der Waals surface area contributed by atoms with E-state index in [1.54, 1.807) is 17.0 Å². The van der Waals surface area contributed by atoms with Crippen LogP contribution in [-0.4, -0.2) is 48.3 Å². The Hall–Kier alpha value is -1.63. The lowest BCUT2D eigenvalue weighted by atomic mass is 10.1. The predicted octanol–water partition coefficient (Wildman–Crippen LogP) is 0.114. The average molecular weight is 265 g/mol. The number of nitrogens with two attached hydrogens (primary N) is 1. The Kier molecular flexibility index (Phi) is 4.36. The molecule has 0 aliphatic carbocycles. The first-order valence-corrected chi connectivity index (χ1v) is 6.24. The molecular weight excluding hydrogens is 246 g/mol. The summed E-state index contributed by atoms with van der Waals surface area (Å²) in [5.41, 5.74) is 4.78. The van der Waals surface area contributed by atoms with Crippen LogP contribution >= 0.6 is 0 Å². The van der Waals surface area contributed by atoms with Crippen LogP contribution in [0.5, 0.6) is 0 Å². The van der Waals surface area contributed by atoms with Crippen molar-refractivity contribution in [2.24, 2.45) is 5.84 Å². The molecule has 1 heterocycles. The summed E-state index contributed by atoms with van der Waals surface area (Å²) in [5, 5.41) is 9.31. The molecule has 2 rings (SSSR count). The third kappa shape index (κ3) is 2.86. The first-order valence-electron chi connectivity index (χ1n) is 6.24. The molecule has 1 aliphatic rings. The molecule has 0 aromatic heterocycles. The third-order valence-corrected chi connectivity index (χ3v) is 3.32. The van der Waals surface area contributed by atoms with E-state index in [0.717, 1.165) is 11.3 Å². The molecule has 19 heavy (non-hydrogen) atoms. The van der Waals surface area contributed by atoms with Gasteiger partial charge in [0, 0.05) is 17.8 Å². The molecule has 6 heteroatoms. The number of benzene rings is 1. The van der Waals surface area contributed by atoms with Crippen LogP contribution < -0.4 is 11.3 Å². The Labute approximate surface area is 112 Å². The first-order chi connectivity index (χ1) is 9.17. The van der Waals surface area contributed by atoms with Crippen LogP contribution in [0.15, 0.2) is 18.2 Å². The van der Waals surface area contributed by atoms with Gasteiger partial charge < -0.3 is 20.2 Å². The Balaban J connectivity index is 2.23. The Morgan fingerprint density at radius 3 is 3.05 bits per heavy atom. The maximum absolute atomic E-state index is 12.5. The van der Waals surface area contributed by atoms with Crippen LogP contribution in [0.25, 0.3) is 0 Å². The van der Waals surface area contributed by atoms with Gasteiger partial charge in [-0.2, -0.15) is 0 Å². The molecule has 104 valence electrons. The third-order valence-electron chi connectivity index (χ3n) is 3.32. The van der Waals surface area contributed by atoms with Gasteiger partial charge in [0.15, 0.2) is 0 Å². The second-order valence-corrected chi connectivity index (χ2v) is 4.58. The zero-order chi connectivity index (χ0) is 13.8. The van der Waals surface area contributed by atoms with Crippen molar-refractivity contribution < 1.29 is 14.6 Å². The normalized spacial score (nSPS) is 19.3. The van der Waals surface area contributed by atoms with Crippen molar-refractivity contribution in [3.8, 4) is 0 Å². The largest absolute Gasteiger partial charge is 0.394 e. The van der Waals surface area contributed by atoms with E-state index in [1.165, 1.54) is 0 Å². The monoisotopic (exact) mass is 265 g/mol. The van der Waals surface area contributed by atoms with Gasteiger partial charge in [-0.05, 0) is 30.7 Å². The number of hydrogen-bond acceptors (Lipinski definition) is 5. The van der Waals surface area contributed by atoms with E-state index in [9.17, 15) is 9.90 Å². The number of aliphatic hydroxyl groups is 1. The molecule has 6 nitrogen and oxygen atoms in total. The van der Waals surface area contributed by atoms with Gasteiger partial charge in [-0.15, -0.1) is 0 Å². The second kappa shape index (κ2) is 6.01. The number of nitrogen functional groups attached to an aromatic ring is 1. The maximum atomic E-state index is 12.5. The molecule has 1 saturated heterocycles. The quantitative estimate of drug-likeness (QED) is 0.533. The number of carbonyl (C=O) groups is 1. The number of nitrogens with one attached hydrogen (secondary N) is 1. The zero-order valence-corrected chi connectivity index (χ0v) is 10.9. The topological polar surface area (TPSA) is 87.8 Å². The number of ether oxygens (including phenoxy) is 1. The summed E-state index contributed by atoms with van der Waals surface area (Å²) in [5.74, 6) is 5.26. The number of amides is 1. The minimum Gasteiger partial charge on any atom is -0.394 e. The molecule has 1 fully saturated rings. The van der Waals surface area contributed by atoms with Crippen LogP contribution in [0.2, 0.25) is 0 Å². The standard InChI is InChI=1S/C13H19N3O3/c1-9-6-10(15-14)2-3-12(9)13(18)16-4-5-19-8-11(16)7-17/h2-3,6,11,15,17H,4-5,7-8,14H2,1H3. The molecule has 1 unspecified atom stereocenters. The van der Waals surface area contributed by atoms with Gasteiger partial charge in [0.25, 0.3) is 5.91 Å². The van der Waals surface area contributed by atoms with E-state index in [1.807, 2.05) is 13.0 Å². The van der Waals surface area contributed by atoms with Crippen LogP contribution in [0.4, 0.5) is 5.69 Å². The highest BCUT2D eigenvalue weighted by atomic mass is 16.5. The molecular formula is C13H19N3O3. The molecule has 1 aromatic rings. The number of aryl methyl sites for hydroxylation is 1. The van der Waals surface area contributed by atoms with Gasteiger partial charge in [0.2, 0.25) is 0 Å². The van der Waals surface area contributed by atoms with E-state index in [2.05, 4.69) is 5.43 Å². The molecule has 1 aliphatic heterocycles. The van der Waals surface area contributed by atoms with Crippen molar-refractivity contribution in [2.45, 2.75) is 13.0 Å².